The summed E-state index contributed by atoms with van der Waals surface area (Å²) in [5, 5.41) is 11.6. The van der Waals surface area contributed by atoms with Crippen LogP contribution in [0.3, 0.4) is 0 Å². The number of hydrogen-bond donors (Lipinski definition) is 4. The molecule has 4 aromatic rings. The van der Waals surface area contributed by atoms with Gasteiger partial charge in [0.1, 0.15) is 6.61 Å². The number of H-pyrrole nitrogens is 4. The van der Waals surface area contributed by atoms with E-state index < -0.39 is 5.92 Å². The largest absolute Gasteiger partial charge is 0.493 e. The SMILES string of the molecule is COc1cc(C(c2c(C)[nH][nH]c2=O)c2c(C)[nH][nH]c2=O)cc(I)c1OCc1ccc(Cl)cc1. The van der Waals surface area contributed by atoms with Crippen LogP contribution in [0.4, 0.5) is 0 Å². The fourth-order valence-corrected chi connectivity index (χ4v) is 4.77. The molecule has 4 rings (SSSR count). The van der Waals surface area contributed by atoms with Gasteiger partial charge >= 0.3 is 0 Å². The second-order valence-corrected chi connectivity index (χ2v) is 9.22. The van der Waals surface area contributed by atoms with Crippen molar-refractivity contribution in [2.45, 2.75) is 26.4 Å². The number of aryl methyl sites for hydroxylation is 2. The summed E-state index contributed by atoms with van der Waals surface area (Å²) in [5.41, 5.74) is 3.37. The van der Waals surface area contributed by atoms with Gasteiger partial charge in [0, 0.05) is 22.3 Å². The highest BCUT2D eigenvalue weighted by Gasteiger charge is 2.29. The van der Waals surface area contributed by atoms with Crippen LogP contribution in [-0.4, -0.2) is 27.5 Å². The van der Waals surface area contributed by atoms with Crippen molar-refractivity contribution in [2.24, 2.45) is 0 Å². The van der Waals surface area contributed by atoms with Crippen molar-refractivity contribution in [3.63, 3.8) is 0 Å². The van der Waals surface area contributed by atoms with E-state index in [1.165, 1.54) is 0 Å². The molecule has 0 unspecified atom stereocenters. The zero-order valence-corrected chi connectivity index (χ0v) is 21.1. The lowest BCUT2D eigenvalue weighted by atomic mass is 9.85. The van der Waals surface area contributed by atoms with Crippen molar-refractivity contribution in [3.05, 3.63) is 99.3 Å². The van der Waals surface area contributed by atoms with E-state index in [9.17, 15) is 9.59 Å². The van der Waals surface area contributed by atoms with Gasteiger partial charge in [-0.15, -0.1) is 0 Å². The van der Waals surface area contributed by atoms with Crippen molar-refractivity contribution >= 4 is 34.2 Å². The van der Waals surface area contributed by atoms with E-state index in [2.05, 4.69) is 43.0 Å². The Labute approximate surface area is 207 Å². The second-order valence-electron chi connectivity index (χ2n) is 7.62. The molecule has 0 radical (unpaired) electrons. The Hall–Kier alpha value is -2.92. The molecule has 0 amide bonds. The van der Waals surface area contributed by atoms with Crippen molar-refractivity contribution in [1.29, 1.82) is 0 Å². The Bertz CT molecular complexity index is 1350. The van der Waals surface area contributed by atoms with Gasteiger partial charge in [0.05, 0.1) is 21.8 Å². The molecule has 10 heteroatoms. The predicted octanol–water partition coefficient (Wildman–Crippen LogP) is 4.36. The summed E-state index contributed by atoms with van der Waals surface area (Å²) < 4.78 is 12.5. The summed E-state index contributed by atoms with van der Waals surface area (Å²) in [6.07, 6.45) is 0. The molecule has 0 aliphatic carbocycles. The van der Waals surface area contributed by atoms with Crippen molar-refractivity contribution in [3.8, 4) is 11.5 Å². The Morgan fingerprint density at radius 1 is 0.939 bits per heavy atom. The first-order valence-corrected chi connectivity index (χ1v) is 11.5. The highest BCUT2D eigenvalue weighted by atomic mass is 127. The maximum absolute atomic E-state index is 12.7. The number of rotatable bonds is 7. The molecule has 0 saturated carbocycles. The highest BCUT2D eigenvalue weighted by molar-refractivity contribution is 14.1. The van der Waals surface area contributed by atoms with Gasteiger partial charge < -0.3 is 19.7 Å². The minimum Gasteiger partial charge on any atom is -0.493 e. The molecule has 0 saturated heterocycles. The number of benzene rings is 2. The lowest BCUT2D eigenvalue weighted by molar-refractivity contribution is 0.282. The molecular weight excluding hydrogens is 559 g/mol. The normalized spacial score (nSPS) is 11.2. The van der Waals surface area contributed by atoms with Crippen LogP contribution >= 0.6 is 34.2 Å². The summed E-state index contributed by atoms with van der Waals surface area (Å²) in [6.45, 7) is 3.92. The third-order valence-corrected chi connectivity index (χ3v) is 6.54. The number of nitrogens with one attached hydrogen (secondary N) is 4. The van der Waals surface area contributed by atoms with Gasteiger partial charge in [0.2, 0.25) is 0 Å². The van der Waals surface area contributed by atoms with Gasteiger partial charge in [-0.05, 0) is 71.8 Å². The Morgan fingerprint density at radius 2 is 1.52 bits per heavy atom. The highest BCUT2D eigenvalue weighted by Crippen LogP contribution is 2.40. The molecular formula is C23H22ClIN4O4. The van der Waals surface area contributed by atoms with Gasteiger partial charge in [0.25, 0.3) is 11.1 Å². The van der Waals surface area contributed by atoms with Gasteiger partial charge in [-0.3, -0.25) is 19.8 Å². The zero-order chi connectivity index (χ0) is 23.7. The smallest absolute Gasteiger partial charge is 0.268 e. The summed E-state index contributed by atoms with van der Waals surface area (Å²) >= 11 is 8.14. The van der Waals surface area contributed by atoms with Crippen LogP contribution in [0.5, 0.6) is 11.5 Å². The van der Waals surface area contributed by atoms with E-state index in [0.717, 1.165) is 14.7 Å². The number of halogens is 2. The molecule has 0 aliphatic rings. The topological polar surface area (TPSA) is 116 Å². The standard InChI is InChI=1S/C23H22ClIN4O4/c1-11-18(22(30)28-26-11)20(19-12(2)27-29-23(19)31)14-8-16(25)21(17(9-14)32-3)33-10-13-4-6-15(24)7-5-13/h4-9,20H,10H2,1-3H3,(H2,26,28,30)(H2,27,29,31). The maximum atomic E-state index is 12.7. The summed E-state index contributed by atoms with van der Waals surface area (Å²) in [5.74, 6) is 0.475. The predicted molar refractivity (Wildman–Crippen MR) is 135 cm³/mol. The number of hydrogen-bond acceptors (Lipinski definition) is 4. The van der Waals surface area contributed by atoms with E-state index in [0.29, 0.717) is 45.6 Å². The molecule has 0 atom stereocenters. The molecule has 2 aromatic carbocycles. The molecule has 0 bridgehead atoms. The van der Waals surface area contributed by atoms with E-state index in [4.69, 9.17) is 21.1 Å². The minimum absolute atomic E-state index is 0.283. The fraction of sp³-hybridized carbons (Fsp3) is 0.217. The average molecular weight is 581 g/mol. The monoisotopic (exact) mass is 580 g/mol. The molecule has 0 spiro atoms. The summed E-state index contributed by atoms with van der Waals surface area (Å²) in [4.78, 5) is 25.4. The molecule has 8 nitrogen and oxygen atoms in total. The molecule has 2 aromatic heterocycles. The van der Waals surface area contributed by atoms with E-state index in [1.54, 1.807) is 21.0 Å². The van der Waals surface area contributed by atoms with Crippen LogP contribution in [0.2, 0.25) is 5.02 Å². The molecule has 2 heterocycles. The first-order chi connectivity index (χ1) is 15.8. The third-order valence-electron chi connectivity index (χ3n) is 5.48. The first kappa shape index (κ1) is 23.2. The van der Waals surface area contributed by atoms with Crippen LogP contribution in [0, 0.1) is 17.4 Å². The zero-order valence-electron chi connectivity index (χ0n) is 18.1. The minimum atomic E-state index is -0.609. The average Bonchev–Trinajstić information content (AvgIpc) is 3.30. The van der Waals surface area contributed by atoms with Gasteiger partial charge in [-0.2, -0.15) is 0 Å². The fourth-order valence-electron chi connectivity index (χ4n) is 3.87. The van der Waals surface area contributed by atoms with E-state index >= 15 is 0 Å². The first-order valence-electron chi connectivity index (χ1n) is 10.1. The maximum Gasteiger partial charge on any atom is 0.268 e. The molecule has 33 heavy (non-hydrogen) atoms. The Balaban J connectivity index is 1.80. The summed E-state index contributed by atoms with van der Waals surface area (Å²) in [6, 6.07) is 11.1. The number of methoxy groups -OCH3 is 1. The van der Waals surface area contributed by atoms with Crippen molar-refractivity contribution < 1.29 is 9.47 Å². The lowest BCUT2D eigenvalue weighted by Crippen LogP contribution is -2.20. The molecule has 4 N–H and O–H groups in total. The quantitative estimate of drug-likeness (QED) is 0.243. The third kappa shape index (κ3) is 4.60. The Kier molecular flexibility index (Phi) is 6.71. The van der Waals surface area contributed by atoms with Gasteiger partial charge in [-0.25, -0.2) is 0 Å². The molecule has 172 valence electrons. The van der Waals surface area contributed by atoms with Crippen molar-refractivity contribution in [1.82, 2.24) is 20.4 Å². The number of aromatic nitrogens is 4. The van der Waals surface area contributed by atoms with Crippen LogP contribution in [0.1, 0.15) is 39.6 Å². The Morgan fingerprint density at radius 3 is 2.00 bits per heavy atom. The van der Waals surface area contributed by atoms with Crippen LogP contribution in [0.25, 0.3) is 0 Å². The molecule has 0 aliphatic heterocycles. The van der Waals surface area contributed by atoms with Crippen LogP contribution in [0.15, 0.2) is 46.0 Å². The van der Waals surface area contributed by atoms with Crippen LogP contribution in [-0.2, 0) is 6.61 Å². The second kappa shape index (κ2) is 9.52. The van der Waals surface area contributed by atoms with Crippen molar-refractivity contribution in [2.75, 3.05) is 7.11 Å². The van der Waals surface area contributed by atoms with Crippen LogP contribution < -0.4 is 20.6 Å². The van der Waals surface area contributed by atoms with Gasteiger partial charge in [0.15, 0.2) is 11.5 Å². The lowest BCUT2D eigenvalue weighted by Gasteiger charge is -2.20. The van der Waals surface area contributed by atoms with E-state index in [1.807, 2.05) is 36.4 Å². The van der Waals surface area contributed by atoms with E-state index in [-0.39, 0.29) is 11.1 Å². The molecule has 0 fully saturated rings. The number of ether oxygens (including phenoxy) is 2. The number of aromatic amines is 4. The summed E-state index contributed by atoms with van der Waals surface area (Å²) in [7, 11) is 1.56. The van der Waals surface area contributed by atoms with Gasteiger partial charge in [-0.1, -0.05) is 23.7 Å².